The predicted molar refractivity (Wildman–Crippen MR) is 101 cm³/mol. The fourth-order valence-electron chi connectivity index (χ4n) is 2.48. The van der Waals surface area contributed by atoms with Crippen LogP contribution >= 0.6 is 11.6 Å². The van der Waals surface area contributed by atoms with E-state index in [0.717, 1.165) is 17.2 Å². The van der Waals surface area contributed by atoms with Crippen LogP contribution in [0.5, 0.6) is 0 Å². The highest BCUT2D eigenvalue weighted by Crippen LogP contribution is 2.27. The Bertz CT molecular complexity index is 845. The third-order valence-electron chi connectivity index (χ3n) is 3.85. The van der Waals surface area contributed by atoms with Gasteiger partial charge >= 0.3 is 11.8 Å². The van der Waals surface area contributed by atoms with E-state index in [0.29, 0.717) is 18.5 Å². The van der Waals surface area contributed by atoms with Crippen molar-refractivity contribution in [2.24, 2.45) is 0 Å². The van der Waals surface area contributed by atoms with Gasteiger partial charge in [-0.15, -0.1) is 0 Å². The zero-order chi connectivity index (χ0) is 19.3. The van der Waals surface area contributed by atoms with E-state index in [1.807, 2.05) is 32.0 Å². The molecule has 0 aromatic heterocycles. The molecule has 0 aliphatic rings. The molecule has 2 rings (SSSR count). The van der Waals surface area contributed by atoms with Crippen LogP contribution in [0, 0.1) is 10.1 Å². The van der Waals surface area contributed by atoms with Crippen LogP contribution in [0.15, 0.2) is 36.4 Å². The van der Waals surface area contributed by atoms with Crippen LogP contribution in [0.4, 0.5) is 17.1 Å². The van der Waals surface area contributed by atoms with Crippen LogP contribution in [0.2, 0.25) is 5.02 Å². The summed E-state index contributed by atoms with van der Waals surface area (Å²) in [6.07, 6.45) is 1.39. The van der Waals surface area contributed by atoms with Crippen molar-refractivity contribution in [3.8, 4) is 0 Å². The van der Waals surface area contributed by atoms with Crippen molar-refractivity contribution in [1.82, 2.24) is 0 Å². The largest absolute Gasteiger partial charge is 0.317 e. The van der Waals surface area contributed by atoms with Gasteiger partial charge in [-0.25, -0.2) is 0 Å². The van der Waals surface area contributed by atoms with Gasteiger partial charge in [0.25, 0.3) is 5.69 Å². The van der Waals surface area contributed by atoms with E-state index in [2.05, 4.69) is 10.6 Å². The Morgan fingerprint density at radius 1 is 1.04 bits per heavy atom. The fraction of sp³-hybridized carbons (Fsp3) is 0.222. The fourth-order valence-corrected chi connectivity index (χ4v) is 2.64. The number of nitro benzene ring substituents is 1. The van der Waals surface area contributed by atoms with E-state index in [1.54, 1.807) is 0 Å². The summed E-state index contributed by atoms with van der Waals surface area (Å²) in [5, 5.41) is 15.9. The molecule has 0 saturated carbocycles. The Kier molecular flexibility index (Phi) is 6.30. The van der Waals surface area contributed by atoms with Crippen molar-refractivity contribution in [2.45, 2.75) is 26.7 Å². The lowest BCUT2D eigenvalue weighted by molar-refractivity contribution is -0.384. The smallest absolute Gasteiger partial charge is 0.314 e. The minimum atomic E-state index is -0.958. The number of nitro groups is 1. The lowest BCUT2D eigenvalue weighted by Crippen LogP contribution is -2.30. The first-order chi connectivity index (χ1) is 12.4. The predicted octanol–water partition coefficient (Wildman–Crippen LogP) is 3.95. The van der Waals surface area contributed by atoms with E-state index in [9.17, 15) is 19.7 Å². The van der Waals surface area contributed by atoms with Gasteiger partial charge in [0, 0.05) is 17.8 Å². The number of hydrogen-bond donors (Lipinski definition) is 2. The summed E-state index contributed by atoms with van der Waals surface area (Å²) >= 11 is 5.94. The molecule has 0 bridgehead atoms. The highest BCUT2D eigenvalue weighted by atomic mass is 35.5. The highest BCUT2D eigenvalue weighted by Gasteiger charge is 2.19. The third kappa shape index (κ3) is 4.37. The van der Waals surface area contributed by atoms with E-state index in [4.69, 9.17) is 11.6 Å². The summed E-state index contributed by atoms with van der Waals surface area (Å²) in [4.78, 5) is 34.7. The minimum Gasteiger partial charge on any atom is -0.317 e. The van der Waals surface area contributed by atoms with E-state index < -0.39 is 16.7 Å². The quantitative estimate of drug-likeness (QED) is 0.469. The summed E-state index contributed by atoms with van der Waals surface area (Å²) < 4.78 is 0. The Morgan fingerprint density at radius 2 is 1.62 bits per heavy atom. The SMILES string of the molecule is CCc1cccc(CC)c1NC(=O)C(=O)Nc1cc([N+](=O)[O-])ccc1Cl. The average Bonchev–Trinajstić information content (AvgIpc) is 2.63. The number of nitrogens with zero attached hydrogens (tertiary/aromatic N) is 1. The molecule has 0 aliphatic heterocycles. The van der Waals surface area contributed by atoms with Crippen molar-refractivity contribution in [3.05, 3.63) is 62.7 Å². The number of nitrogens with one attached hydrogen (secondary N) is 2. The second-order valence-corrected chi connectivity index (χ2v) is 5.90. The number of halogens is 1. The highest BCUT2D eigenvalue weighted by molar-refractivity contribution is 6.45. The Balaban J connectivity index is 2.21. The maximum absolute atomic E-state index is 12.3. The van der Waals surface area contributed by atoms with Crippen molar-refractivity contribution >= 4 is 40.5 Å². The van der Waals surface area contributed by atoms with Crippen molar-refractivity contribution in [2.75, 3.05) is 10.6 Å². The van der Waals surface area contributed by atoms with Gasteiger partial charge in [-0.05, 0) is 30.0 Å². The Hall–Kier alpha value is -2.93. The molecule has 0 unspecified atom stereocenters. The molecule has 0 radical (unpaired) electrons. The number of amides is 2. The molecule has 26 heavy (non-hydrogen) atoms. The number of anilines is 2. The van der Waals surface area contributed by atoms with Gasteiger partial charge in [0.05, 0.1) is 15.6 Å². The molecule has 7 nitrogen and oxygen atoms in total. The van der Waals surface area contributed by atoms with Crippen molar-refractivity contribution < 1.29 is 14.5 Å². The number of carbonyl (C=O) groups is 2. The molecule has 2 amide bonds. The van der Waals surface area contributed by atoms with Gasteiger partial charge in [-0.2, -0.15) is 0 Å². The van der Waals surface area contributed by atoms with E-state index in [1.165, 1.54) is 12.1 Å². The third-order valence-corrected chi connectivity index (χ3v) is 4.18. The molecule has 2 aromatic carbocycles. The molecule has 0 fully saturated rings. The number of benzene rings is 2. The molecule has 0 atom stereocenters. The second-order valence-electron chi connectivity index (χ2n) is 5.49. The number of hydrogen-bond acceptors (Lipinski definition) is 4. The van der Waals surface area contributed by atoms with Crippen LogP contribution in [-0.4, -0.2) is 16.7 Å². The summed E-state index contributed by atoms with van der Waals surface area (Å²) in [5.41, 5.74) is 2.20. The van der Waals surface area contributed by atoms with Gasteiger partial charge in [-0.1, -0.05) is 43.6 Å². The van der Waals surface area contributed by atoms with Crippen LogP contribution in [0.1, 0.15) is 25.0 Å². The van der Waals surface area contributed by atoms with Gasteiger partial charge < -0.3 is 10.6 Å². The molecule has 136 valence electrons. The van der Waals surface area contributed by atoms with Crippen LogP contribution in [0.3, 0.4) is 0 Å². The summed E-state index contributed by atoms with van der Waals surface area (Å²) in [7, 11) is 0. The molecule has 2 aromatic rings. The number of carbonyl (C=O) groups excluding carboxylic acids is 2. The number of aryl methyl sites for hydroxylation is 2. The number of non-ortho nitro benzene ring substituents is 1. The van der Waals surface area contributed by atoms with Gasteiger partial charge in [0.15, 0.2) is 0 Å². The average molecular weight is 376 g/mol. The van der Waals surface area contributed by atoms with Gasteiger partial charge in [-0.3, -0.25) is 19.7 Å². The Morgan fingerprint density at radius 3 is 2.15 bits per heavy atom. The van der Waals surface area contributed by atoms with E-state index >= 15 is 0 Å². The molecule has 8 heteroatoms. The summed E-state index contributed by atoms with van der Waals surface area (Å²) in [6.45, 7) is 3.90. The normalized spacial score (nSPS) is 10.3. The van der Waals surface area contributed by atoms with Crippen LogP contribution in [0.25, 0.3) is 0 Å². The maximum atomic E-state index is 12.3. The first-order valence-corrected chi connectivity index (χ1v) is 8.42. The minimum absolute atomic E-state index is 0.000471. The van der Waals surface area contributed by atoms with E-state index in [-0.39, 0.29) is 16.4 Å². The molecular formula is C18H18ClN3O4. The maximum Gasteiger partial charge on any atom is 0.314 e. The standard InChI is InChI=1S/C18H18ClN3O4/c1-3-11-6-5-7-12(4-2)16(11)21-18(24)17(23)20-15-10-13(22(25)26)8-9-14(15)19/h5-10H,3-4H2,1-2H3,(H,20,23)(H,21,24). The monoisotopic (exact) mass is 375 g/mol. The zero-order valence-corrected chi connectivity index (χ0v) is 15.1. The van der Waals surface area contributed by atoms with Crippen LogP contribution in [-0.2, 0) is 22.4 Å². The molecule has 2 N–H and O–H groups in total. The Labute approximate surface area is 155 Å². The number of para-hydroxylation sites is 1. The van der Waals surface area contributed by atoms with Crippen LogP contribution < -0.4 is 10.6 Å². The lowest BCUT2D eigenvalue weighted by Gasteiger charge is -2.14. The molecule has 0 spiro atoms. The molecule has 0 heterocycles. The molecular weight excluding hydrogens is 358 g/mol. The number of rotatable bonds is 5. The van der Waals surface area contributed by atoms with Gasteiger partial charge in [0.1, 0.15) is 0 Å². The van der Waals surface area contributed by atoms with Crippen molar-refractivity contribution in [1.29, 1.82) is 0 Å². The second kappa shape index (κ2) is 8.44. The zero-order valence-electron chi connectivity index (χ0n) is 14.3. The lowest BCUT2D eigenvalue weighted by atomic mass is 10.0. The first-order valence-electron chi connectivity index (χ1n) is 8.04. The van der Waals surface area contributed by atoms with Gasteiger partial charge in [0.2, 0.25) is 0 Å². The molecule has 0 aliphatic carbocycles. The topological polar surface area (TPSA) is 101 Å². The first kappa shape index (κ1) is 19.4. The van der Waals surface area contributed by atoms with Crippen molar-refractivity contribution in [3.63, 3.8) is 0 Å². The summed E-state index contributed by atoms with van der Waals surface area (Å²) in [5.74, 6) is -1.83. The molecule has 0 saturated heterocycles. The summed E-state index contributed by atoms with van der Waals surface area (Å²) in [6, 6.07) is 9.26.